The summed E-state index contributed by atoms with van der Waals surface area (Å²) >= 11 is 0. The molecule has 1 N–H and O–H groups in total. The van der Waals surface area contributed by atoms with Crippen LogP contribution in [0.1, 0.15) is 93.1 Å². The Morgan fingerprint density at radius 2 is 1.46 bits per heavy atom. The lowest BCUT2D eigenvalue weighted by Crippen LogP contribution is -2.08. The number of carbonyl (C=O) groups is 2. The first-order valence-electron chi connectivity index (χ1n) is 11.0. The number of unbranched alkanes of at least 4 members (excludes halogenated alkanes) is 3. The number of nitrogens with one attached hydrogen (secondary N) is 1. The maximum Gasteiger partial charge on any atom is 0.211 e. The molecule has 0 aromatic heterocycles. The van der Waals surface area contributed by atoms with Crippen LogP contribution in [0.2, 0.25) is 0 Å². The highest BCUT2D eigenvalue weighted by atomic mass is 16.5. The van der Waals surface area contributed by atoms with Gasteiger partial charge in [-0.3, -0.25) is 9.59 Å². The highest BCUT2D eigenvalue weighted by Gasteiger charge is 2.07. The third-order valence-electron chi connectivity index (χ3n) is 3.16. The van der Waals surface area contributed by atoms with Crippen molar-refractivity contribution in [2.75, 3.05) is 19.0 Å². The first-order valence-corrected chi connectivity index (χ1v) is 11.0. The number of amides is 1. The summed E-state index contributed by atoms with van der Waals surface area (Å²) < 4.78 is 4.84. The Morgan fingerprint density at radius 3 is 1.89 bits per heavy atom. The topological polar surface area (TPSA) is 55.4 Å². The number of hydrogen-bond donors (Lipinski definition) is 1. The van der Waals surface area contributed by atoms with E-state index in [1.54, 1.807) is 13.2 Å². The molecule has 0 heterocycles. The molecule has 1 rings (SSSR count). The molecule has 0 aliphatic heterocycles. The summed E-state index contributed by atoms with van der Waals surface area (Å²) in [6.45, 7) is 16.9. The van der Waals surface area contributed by atoms with Gasteiger partial charge in [0.15, 0.2) is 0 Å². The second-order valence-electron chi connectivity index (χ2n) is 5.08. The number of carbonyl (C=O) groups excluding carboxylic acids is 2. The van der Waals surface area contributed by atoms with Crippen LogP contribution in [0.3, 0.4) is 0 Å². The maximum atomic E-state index is 11.5. The largest absolute Gasteiger partial charge is 0.384 e. The quantitative estimate of drug-likeness (QED) is 0.339. The van der Waals surface area contributed by atoms with Gasteiger partial charge in [-0.2, -0.15) is 0 Å². The van der Waals surface area contributed by atoms with Crippen molar-refractivity contribution in [2.24, 2.45) is 0 Å². The monoisotopic (exact) mass is 397 g/mol. The van der Waals surface area contributed by atoms with Gasteiger partial charge in [0.1, 0.15) is 5.78 Å². The van der Waals surface area contributed by atoms with Gasteiger partial charge in [-0.15, -0.1) is 0 Å². The van der Waals surface area contributed by atoms with Gasteiger partial charge in [-0.25, -0.2) is 0 Å². The summed E-state index contributed by atoms with van der Waals surface area (Å²) in [4.78, 5) is 21.9. The van der Waals surface area contributed by atoms with E-state index in [9.17, 15) is 9.59 Å². The molecule has 0 aliphatic carbocycles. The number of benzene rings is 1. The maximum absolute atomic E-state index is 11.5. The lowest BCUT2D eigenvalue weighted by molar-refractivity contribution is -0.119. The molecule has 0 fully saturated rings. The Balaban J connectivity index is -0.000000201. The van der Waals surface area contributed by atoms with Crippen LogP contribution in [0.5, 0.6) is 0 Å². The van der Waals surface area contributed by atoms with Crippen molar-refractivity contribution in [2.45, 2.75) is 93.9 Å². The summed E-state index contributed by atoms with van der Waals surface area (Å²) in [6.07, 6.45) is 6.86. The Morgan fingerprint density at radius 1 is 0.964 bits per heavy atom. The van der Waals surface area contributed by atoms with Crippen LogP contribution in [0.4, 0.5) is 5.69 Å². The third kappa shape index (κ3) is 24.3. The molecule has 0 aliphatic rings. The molecule has 4 nitrogen and oxygen atoms in total. The number of para-hydroxylation sites is 1. The fourth-order valence-electron chi connectivity index (χ4n) is 1.90. The van der Waals surface area contributed by atoms with Crippen LogP contribution >= 0.6 is 0 Å². The van der Waals surface area contributed by atoms with Gasteiger partial charge in [0, 0.05) is 25.6 Å². The summed E-state index contributed by atoms with van der Waals surface area (Å²) in [5.74, 6) is 0.0991. The SMILES string of the molecule is CC.CC.CC.CCCCCC.COCCC(=O)Cc1ccccc1NC=O. The molecule has 0 atom stereocenters. The van der Waals surface area contributed by atoms with Gasteiger partial charge in [0.05, 0.1) is 6.61 Å². The average Bonchev–Trinajstić information content (AvgIpc) is 2.77. The minimum Gasteiger partial charge on any atom is -0.384 e. The Bertz CT molecular complexity index is 416. The van der Waals surface area contributed by atoms with E-state index >= 15 is 0 Å². The minimum atomic E-state index is 0.0991. The van der Waals surface area contributed by atoms with Crippen LogP contribution in [0.25, 0.3) is 0 Å². The lowest BCUT2D eigenvalue weighted by atomic mass is 10.1. The molecule has 1 amide bonds. The van der Waals surface area contributed by atoms with E-state index in [2.05, 4.69) is 19.2 Å². The van der Waals surface area contributed by atoms with Crippen LogP contribution in [-0.2, 0) is 20.7 Å². The molecule has 0 spiro atoms. The zero-order chi connectivity index (χ0) is 22.6. The normalized spacial score (nSPS) is 8.18. The average molecular weight is 398 g/mol. The van der Waals surface area contributed by atoms with Crippen molar-refractivity contribution < 1.29 is 14.3 Å². The molecule has 0 saturated heterocycles. The van der Waals surface area contributed by atoms with Crippen molar-refractivity contribution in [3.05, 3.63) is 29.8 Å². The van der Waals surface area contributed by atoms with Gasteiger partial charge in [0.2, 0.25) is 6.41 Å². The zero-order valence-electron chi connectivity index (χ0n) is 20.1. The smallest absolute Gasteiger partial charge is 0.211 e. The van der Waals surface area contributed by atoms with Crippen molar-refractivity contribution in [1.29, 1.82) is 0 Å². The van der Waals surface area contributed by atoms with E-state index < -0.39 is 0 Å². The van der Waals surface area contributed by atoms with Crippen molar-refractivity contribution in [3.8, 4) is 0 Å². The van der Waals surface area contributed by atoms with E-state index in [-0.39, 0.29) is 5.78 Å². The highest BCUT2D eigenvalue weighted by Crippen LogP contribution is 2.15. The second kappa shape index (κ2) is 32.9. The molecule has 0 bridgehead atoms. The fraction of sp³-hybridized carbons (Fsp3) is 0.667. The summed E-state index contributed by atoms with van der Waals surface area (Å²) in [5.41, 5.74) is 1.51. The standard InChI is InChI=1S/C12H15NO3.C6H14.3C2H6/c1-16-7-6-11(15)8-10-4-2-3-5-12(10)13-9-14;1-3-5-6-4-2;3*1-2/h2-5,9H,6-8H2,1H3,(H,13,14);3-6H2,1-2H3;3*1-2H3. The number of ketones is 1. The summed E-state index contributed by atoms with van der Waals surface area (Å²) in [7, 11) is 1.56. The van der Waals surface area contributed by atoms with Crippen molar-refractivity contribution in [1.82, 2.24) is 0 Å². The number of methoxy groups -OCH3 is 1. The van der Waals surface area contributed by atoms with Crippen molar-refractivity contribution >= 4 is 17.9 Å². The molecule has 166 valence electrons. The van der Waals surface area contributed by atoms with Gasteiger partial charge in [-0.05, 0) is 11.6 Å². The van der Waals surface area contributed by atoms with E-state index in [0.717, 1.165) is 5.56 Å². The van der Waals surface area contributed by atoms with Gasteiger partial charge < -0.3 is 10.1 Å². The van der Waals surface area contributed by atoms with E-state index in [0.29, 0.717) is 31.5 Å². The Kier molecular flexibility index (Phi) is 39.9. The molecule has 0 saturated carbocycles. The number of rotatable bonds is 10. The fourth-order valence-corrected chi connectivity index (χ4v) is 1.90. The van der Waals surface area contributed by atoms with Crippen LogP contribution in [-0.4, -0.2) is 25.9 Å². The van der Waals surface area contributed by atoms with E-state index in [1.165, 1.54) is 25.7 Å². The van der Waals surface area contributed by atoms with Gasteiger partial charge >= 0.3 is 0 Å². The number of hydrogen-bond acceptors (Lipinski definition) is 3. The highest BCUT2D eigenvalue weighted by molar-refractivity contribution is 5.84. The third-order valence-corrected chi connectivity index (χ3v) is 3.16. The summed E-state index contributed by atoms with van der Waals surface area (Å²) in [5, 5.41) is 2.57. The number of Topliss-reactive ketones (excluding diaryl/α,β-unsaturated/α-hetero) is 1. The number of ether oxygens (including phenoxy) is 1. The molecule has 0 radical (unpaired) electrons. The van der Waals surface area contributed by atoms with Crippen molar-refractivity contribution in [3.63, 3.8) is 0 Å². The van der Waals surface area contributed by atoms with Gasteiger partial charge in [0.25, 0.3) is 0 Å². The minimum absolute atomic E-state index is 0.0991. The van der Waals surface area contributed by atoms with Crippen LogP contribution in [0, 0.1) is 0 Å². The van der Waals surface area contributed by atoms with Crippen LogP contribution < -0.4 is 5.32 Å². The molecule has 1 aromatic rings. The van der Waals surface area contributed by atoms with E-state index in [4.69, 9.17) is 4.74 Å². The zero-order valence-corrected chi connectivity index (χ0v) is 20.1. The van der Waals surface area contributed by atoms with E-state index in [1.807, 2.05) is 59.7 Å². The Labute approximate surface area is 175 Å². The number of anilines is 1. The molecule has 4 heteroatoms. The predicted molar refractivity (Wildman–Crippen MR) is 125 cm³/mol. The van der Waals surface area contributed by atoms with Crippen LogP contribution in [0.15, 0.2) is 24.3 Å². The predicted octanol–water partition coefficient (Wildman–Crippen LogP) is 7.07. The molecule has 0 unspecified atom stereocenters. The molecule has 1 aromatic carbocycles. The molecule has 28 heavy (non-hydrogen) atoms. The second-order valence-corrected chi connectivity index (χ2v) is 5.08. The first kappa shape index (κ1) is 33.9. The first-order chi connectivity index (χ1) is 13.7. The van der Waals surface area contributed by atoms with Gasteiger partial charge in [-0.1, -0.05) is 99.3 Å². The molecular formula is C24H47NO3. The summed E-state index contributed by atoms with van der Waals surface area (Å²) in [6, 6.07) is 7.26. The Hall–Kier alpha value is -1.68. The lowest BCUT2D eigenvalue weighted by Gasteiger charge is -2.07. The molecular weight excluding hydrogens is 350 g/mol.